The number of anilines is 1. The fourth-order valence-corrected chi connectivity index (χ4v) is 2.36. The van der Waals surface area contributed by atoms with Crippen molar-refractivity contribution in [2.24, 2.45) is 18.0 Å². The lowest BCUT2D eigenvalue weighted by molar-refractivity contribution is 0.512. The van der Waals surface area contributed by atoms with Gasteiger partial charge in [-0.1, -0.05) is 32.0 Å². The van der Waals surface area contributed by atoms with Gasteiger partial charge in [-0.2, -0.15) is 5.10 Å². The SMILES string of the molecule is CCNC(=NCc1ncnn1C)NCC(Nc1ccccc1)C(C)C. The Labute approximate surface area is 150 Å². The Balaban J connectivity index is 1.96. The molecule has 3 N–H and O–H groups in total. The van der Waals surface area contributed by atoms with Gasteiger partial charge in [0.15, 0.2) is 5.96 Å². The van der Waals surface area contributed by atoms with E-state index in [1.807, 2.05) is 25.2 Å². The lowest BCUT2D eigenvalue weighted by Gasteiger charge is -2.25. The Bertz CT molecular complexity index is 648. The second kappa shape index (κ2) is 9.66. The summed E-state index contributed by atoms with van der Waals surface area (Å²) in [6.07, 6.45) is 1.55. The van der Waals surface area contributed by atoms with Gasteiger partial charge in [0.2, 0.25) is 0 Å². The van der Waals surface area contributed by atoms with Crippen molar-refractivity contribution in [3.8, 4) is 0 Å². The zero-order valence-electron chi connectivity index (χ0n) is 15.5. The van der Waals surface area contributed by atoms with Crippen LogP contribution in [-0.2, 0) is 13.6 Å². The van der Waals surface area contributed by atoms with Crippen molar-refractivity contribution >= 4 is 11.6 Å². The maximum Gasteiger partial charge on any atom is 0.191 e. The lowest BCUT2D eigenvalue weighted by Crippen LogP contribution is -2.44. The maximum absolute atomic E-state index is 4.60. The smallest absolute Gasteiger partial charge is 0.191 e. The van der Waals surface area contributed by atoms with Gasteiger partial charge >= 0.3 is 0 Å². The average molecular weight is 343 g/mol. The fraction of sp³-hybridized carbons (Fsp3) is 0.500. The topological polar surface area (TPSA) is 79.2 Å². The van der Waals surface area contributed by atoms with Gasteiger partial charge in [-0.3, -0.25) is 4.68 Å². The van der Waals surface area contributed by atoms with Crippen LogP contribution in [0.1, 0.15) is 26.6 Å². The minimum absolute atomic E-state index is 0.293. The molecule has 2 rings (SSSR count). The number of nitrogens with one attached hydrogen (secondary N) is 3. The molecule has 7 nitrogen and oxygen atoms in total. The number of nitrogens with zero attached hydrogens (tertiary/aromatic N) is 4. The highest BCUT2D eigenvalue weighted by molar-refractivity contribution is 5.79. The molecule has 1 aromatic carbocycles. The van der Waals surface area contributed by atoms with E-state index in [1.165, 1.54) is 0 Å². The molecule has 7 heteroatoms. The quantitative estimate of drug-likeness (QED) is 0.505. The van der Waals surface area contributed by atoms with E-state index in [2.05, 4.69) is 63.9 Å². The highest BCUT2D eigenvalue weighted by Crippen LogP contribution is 2.11. The molecule has 0 saturated heterocycles. The summed E-state index contributed by atoms with van der Waals surface area (Å²) in [4.78, 5) is 8.80. The Hall–Kier alpha value is -2.57. The summed E-state index contributed by atoms with van der Waals surface area (Å²) >= 11 is 0. The molecule has 0 fully saturated rings. The number of para-hydroxylation sites is 1. The second-order valence-corrected chi connectivity index (χ2v) is 6.24. The minimum atomic E-state index is 0.293. The van der Waals surface area contributed by atoms with Crippen LogP contribution in [0.5, 0.6) is 0 Å². The first-order valence-corrected chi connectivity index (χ1v) is 8.76. The molecular formula is C18H29N7. The largest absolute Gasteiger partial charge is 0.380 e. The number of rotatable bonds is 8. The van der Waals surface area contributed by atoms with E-state index >= 15 is 0 Å². The molecule has 25 heavy (non-hydrogen) atoms. The van der Waals surface area contributed by atoms with Crippen LogP contribution in [0.2, 0.25) is 0 Å². The number of aliphatic imine (C=N–C) groups is 1. The van der Waals surface area contributed by atoms with Crippen molar-refractivity contribution < 1.29 is 0 Å². The molecule has 0 aliphatic rings. The van der Waals surface area contributed by atoms with E-state index in [1.54, 1.807) is 11.0 Å². The third kappa shape index (κ3) is 6.10. The van der Waals surface area contributed by atoms with Gasteiger partial charge in [-0.05, 0) is 25.0 Å². The Morgan fingerprint density at radius 2 is 1.96 bits per heavy atom. The summed E-state index contributed by atoms with van der Waals surface area (Å²) in [6, 6.07) is 10.6. The number of hydrogen-bond donors (Lipinski definition) is 3. The van der Waals surface area contributed by atoms with Crippen molar-refractivity contribution in [3.63, 3.8) is 0 Å². The third-order valence-electron chi connectivity index (χ3n) is 3.95. The first kappa shape index (κ1) is 18.8. The van der Waals surface area contributed by atoms with Gasteiger partial charge in [0.1, 0.15) is 18.7 Å². The molecule has 0 radical (unpaired) electrons. The molecule has 0 saturated carbocycles. The summed E-state index contributed by atoms with van der Waals surface area (Å²) in [5.74, 6) is 2.10. The van der Waals surface area contributed by atoms with Crippen molar-refractivity contribution in [3.05, 3.63) is 42.5 Å². The van der Waals surface area contributed by atoms with E-state index in [0.29, 0.717) is 18.5 Å². The lowest BCUT2D eigenvalue weighted by atomic mass is 10.0. The molecule has 1 unspecified atom stereocenters. The Kier molecular flexibility index (Phi) is 7.25. The van der Waals surface area contributed by atoms with Gasteiger partial charge in [0.25, 0.3) is 0 Å². The van der Waals surface area contributed by atoms with E-state index < -0.39 is 0 Å². The monoisotopic (exact) mass is 343 g/mol. The molecule has 1 aromatic heterocycles. The van der Waals surface area contributed by atoms with Gasteiger partial charge in [-0.15, -0.1) is 0 Å². The first-order valence-electron chi connectivity index (χ1n) is 8.76. The fourth-order valence-electron chi connectivity index (χ4n) is 2.36. The highest BCUT2D eigenvalue weighted by atomic mass is 15.3. The molecule has 1 atom stereocenters. The molecule has 0 spiro atoms. The summed E-state index contributed by atoms with van der Waals surface area (Å²) in [6.45, 7) is 8.56. The van der Waals surface area contributed by atoms with Gasteiger partial charge in [-0.25, -0.2) is 9.98 Å². The molecule has 0 aliphatic carbocycles. The van der Waals surface area contributed by atoms with Crippen molar-refractivity contribution in [2.75, 3.05) is 18.4 Å². The molecule has 0 bridgehead atoms. The van der Waals surface area contributed by atoms with E-state index in [9.17, 15) is 0 Å². The number of hydrogen-bond acceptors (Lipinski definition) is 4. The zero-order valence-corrected chi connectivity index (χ0v) is 15.5. The van der Waals surface area contributed by atoms with Gasteiger partial charge in [0, 0.05) is 31.9 Å². The van der Waals surface area contributed by atoms with Crippen LogP contribution < -0.4 is 16.0 Å². The first-order chi connectivity index (χ1) is 12.1. The number of benzene rings is 1. The third-order valence-corrected chi connectivity index (χ3v) is 3.95. The van der Waals surface area contributed by atoms with E-state index in [4.69, 9.17) is 0 Å². The number of guanidine groups is 1. The number of aromatic nitrogens is 3. The highest BCUT2D eigenvalue weighted by Gasteiger charge is 2.14. The molecule has 136 valence electrons. The number of aryl methyl sites for hydroxylation is 1. The van der Waals surface area contributed by atoms with Crippen molar-refractivity contribution in [2.45, 2.75) is 33.4 Å². The van der Waals surface area contributed by atoms with Crippen molar-refractivity contribution in [1.29, 1.82) is 0 Å². The van der Waals surface area contributed by atoms with Gasteiger partial charge in [0.05, 0.1) is 0 Å². The summed E-state index contributed by atoms with van der Waals surface area (Å²) in [5.41, 5.74) is 1.13. The van der Waals surface area contributed by atoms with Crippen LogP contribution in [0.15, 0.2) is 41.7 Å². The Morgan fingerprint density at radius 3 is 2.56 bits per heavy atom. The summed E-state index contributed by atoms with van der Waals surface area (Å²) in [7, 11) is 1.87. The zero-order chi connectivity index (χ0) is 18.1. The van der Waals surface area contributed by atoms with Crippen LogP contribution in [0, 0.1) is 5.92 Å². The maximum atomic E-state index is 4.60. The average Bonchev–Trinajstić information content (AvgIpc) is 3.01. The van der Waals surface area contributed by atoms with Crippen LogP contribution in [0.25, 0.3) is 0 Å². The van der Waals surface area contributed by atoms with Gasteiger partial charge < -0.3 is 16.0 Å². The molecule has 1 heterocycles. The summed E-state index contributed by atoms with van der Waals surface area (Å²) < 4.78 is 1.74. The van der Waals surface area contributed by atoms with E-state index in [-0.39, 0.29) is 0 Å². The van der Waals surface area contributed by atoms with Crippen LogP contribution in [0.4, 0.5) is 5.69 Å². The van der Waals surface area contributed by atoms with Crippen LogP contribution >= 0.6 is 0 Å². The summed E-state index contributed by atoms with van der Waals surface area (Å²) in [5, 5.41) is 14.4. The Morgan fingerprint density at radius 1 is 1.20 bits per heavy atom. The van der Waals surface area contributed by atoms with Crippen LogP contribution in [-0.4, -0.2) is 39.9 Å². The molecule has 0 aliphatic heterocycles. The van der Waals surface area contributed by atoms with Crippen LogP contribution in [0.3, 0.4) is 0 Å². The second-order valence-electron chi connectivity index (χ2n) is 6.24. The molecular weight excluding hydrogens is 314 g/mol. The predicted octanol–water partition coefficient (Wildman–Crippen LogP) is 2.01. The molecule has 0 amide bonds. The predicted molar refractivity (Wildman–Crippen MR) is 103 cm³/mol. The standard InChI is InChI=1S/C18H29N7/c1-5-19-18(21-12-17-22-13-23-25(17)4)20-11-16(14(2)3)24-15-9-7-6-8-10-15/h6-10,13-14,16,24H,5,11-12H2,1-4H3,(H2,19,20,21). The van der Waals surface area contributed by atoms with E-state index in [0.717, 1.165) is 30.6 Å². The molecule has 2 aromatic rings. The normalized spacial score (nSPS) is 12.9. The minimum Gasteiger partial charge on any atom is -0.380 e. The van der Waals surface area contributed by atoms with Crippen molar-refractivity contribution in [1.82, 2.24) is 25.4 Å².